The predicted octanol–water partition coefficient (Wildman–Crippen LogP) is 4.88. The second-order valence-corrected chi connectivity index (χ2v) is 9.70. The summed E-state index contributed by atoms with van der Waals surface area (Å²) in [5.74, 6) is -0.822. The molecule has 6 nitrogen and oxygen atoms in total. The molecule has 0 saturated carbocycles. The van der Waals surface area contributed by atoms with Crippen molar-refractivity contribution in [3.05, 3.63) is 70.6 Å². The smallest absolute Gasteiger partial charge is 0.310 e. The van der Waals surface area contributed by atoms with Gasteiger partial charge in [-0.1, -0.05) is 56.8 Å². The topological polar surface area (TPSA) is 84.9 Å². The highest BCUT2D eigenvalue weighted by Crippen LogP contribution is 2.44. The number of carbonyl (C=O) groups excluding carboxylic acids is 2. The molecule has 34 heavy (non-hydrogen) atoms. The van der Waals surface area contributed by atoms with Crippen molar-refractivity contribution in [1.82, 2.24) is 5.32 Å². The van der Waals surface area contributed by atoms with Gasteiger partial charge in [-0.2, -0.15) is 0 Å². The van der Waals surface area contributed by atoms with Gasteiger partial charge >= 0.3 is 5.97 Å². The lowest BCUT2D eigenvalue weighted by atomic mass is 9.76. The Kier molecular flexibility index (Phi) is 10.5. The zero-order chi connectivity index (χ0) is 25.3. The fourth-order valence-electron chi connectivity index (χ4n) is 4.26. The fraction of sp³-hybridized carbons (Fsp3) is 0.481. The maximum atomic E-state index is 13.4. The van der Waals surface area contributed by atoms with E-state index in [2.05, 4.69) is 32.3 Å². The molecule has 0 aromatic rings. The Morgan fingerprint density at radius 1 is 1.29 bits per heavy atom. The van der Waals surface area contributed by atoms with Crippen LogP contribution in [0.5, 0.6) is 0 Å². The first-order valence-corrected chi connectivity index (χ1v) is 11.9. The van der Waals surface area contributed by atoms with Crippen LogP contribution in [0.2, 0.25) is 0 Å². The molecule has 2 N–H and O–H groups in total. The number of carbonyl (C=O) groups is 2. The van der Waals surface area contributed by atoms with Crippen LogP contribution in [0.25, 0.3) is 0 Å². The predicted molar refractivity (Wildman–Crippen MR) is 135 cm³/mol. The highest BCUT2D eigenvalue weighted by Gasteiger charge is 2.39. The summed E-state index contributed by atoms with van der Waals surface area (Å²) in [7, 11) is 0. The van der Waals surface area contributed by atoms with Crippen molar-refractivity contribution in [2.75, 3.05) is 26.4 Å². The van der Waals surface area contributed by atoms with E-state index in [-0.39, 0.29) is 50.0 Å². The van der Waals surface area contributed by atoms with E-state index in [9.17, 15) is 9.59 Å². The van der Waals surface area contributed by atoms with Crippen molar-refractivity contribution in [2.24, 2.45) is 11.3 Å². The number of rotatable bonds is 11. The molecular weight excluding hydrogens is 454 g/mol. The Morgan fingerprint density at radius 3 is 2.65 bits per heavy atom. The Morgan fingerprint density at radius 2 is 2.00 bits per heavy atom. The van der Waals surface area contributed by atoms with Crippen molar-refractivity contribution >= 4 is 23.4 Å². The van der Waals surface area contributed by atoms with E-state index in [0.717, 1.165) is 12.1 Å². The van der Waals surface area contributed by atoms with E-state index in [1.807, 2.05) is 6.08 Å². The van der Waals surface area contributed by atoms with Crippen molar-refractivity contribution in [1.29, 1.82) is 0 Å². The van der Waals surface area contributed by atoms with Gasteiger partial charge in [0.25, 0.3) is 0 Å². The lowest BCUT2D eigenvalue weighted by Crippen LogP contribution is -2.34. The normalized spacial score (nSPS) is 20.4. The number of hydrogen-bond donors (Lipinski definition) is 2. The highest BCUT2D eigenvalue weighted by atomic mass is 35.5. The van der Waals surface area contributed by atoms with Gasteiger partial charge in [0.2, 0.25) is 0 Å². The van der Waals surface area contributed by atoms with E-state index in [1.54, 1.807) is 25.2 Å². The zero-order valence-electron chi connectivity index (χ0n) is 20.4. The summed E-state index contributed by atoms with van der Waals surface area (Å²) in [6, 6.07) is 0. The number of esters is 1. The third-order valence-electron chi connectivity index (χ3n) is 5.83. The fourth-order valence-corrected chi connectivity index (χ4v) is 4.34. The second-order valence-electron chi connectivity index (χ2n) is 9.22. The lowest BCUT2D eigenvalue weighted by Gasteiger charge is -2.35. The maximum Gasteiger partial charge on any atom is 0.310 e. The van der Waals surface area contributed by atoms with Crippen LogP contribution in [0, 0.1) is 11.3 Å². The molecule has 0 spiro atoms. The molecule has 2 rings (SSSR count). The van der Waals surface area contributed by atoms with Crippen LogP contribution >= 0.6 is 11.6 Å². The number of ketones is 1. The number of aliphatic hydroxyl groups excluding tert-OH is 1. The molecule has 1 aliphatic heterocycles. The van der Waals surface area contributed by atoms with Gasteiger partial charge in [-0.15, -0.1) is 0 Å². The minimum atomic E-state index is -0.487. The van der Waals surface area contributed by atoms with Crippen molar-refractivity contribution in [3.63, 3.8) is 0 Å². The van der Waals surface area contributed by atoms with Crippen LogP contribution in [0.15, 0.2) is 70.6 Å². The molecule has 1 atom stereocenters. The average molecular weight is 490 g/mol. The average Bonchev–Trinajstić information content (AvgIpc) is 2.87. The number of allylic oxidation sites excluding steroid dienone is 8. The first-order valence-electron chi connectivity index (χ1n) is 11.6. The molecule has 2 aliphatic rings. The summed E-state index contributed by atoms with van der Waals surface area (Å²) in [5, 5.41) is 13.0. The SMILES string of the molecule is C=C(Cl)/C=C\C=C/C(=C)C1C(CC(=O)OCC)=C(COCCO)NC2=C1C(=O)CCC(C)(C)C2. The van der Waals surface area contributed by atoms with E-state index >= 15 is 0 Å². The molecule has 0 aromatic carbocycles. The summed E-state index contributed by atoms with van der Waals surface area (Å²) in [5.41, 5.74) is 3.49. The van der Waals surface area contributed by atoms with Gasteiger partial charge in [0, 0.05) is 34.3 Å². The molecule has 0 saturated heterocycles. The largest absolute Gasteiger partial charge is 0.466 e. The molecule has 0 fully saturated rings. The summed E-state index contributed by atoms with van der Waals surface area (Å²) < 4.78 is 10.8. The summed E-state index contributed by atoms with van der Waals surface area (Å²) in [6.07, 6.45) is 8.87. The summed E-state index contributed by atoms with van der Waals surface area (Å²) in [6.45, 7) is 14.4. The van der Waals surface area contributed by atoms with Crippen molar-refractivity contribution in [3.8, 4) is 0 Å². The van der Waals surface area contributed by atoms with Crippen LogP contribution in [-0.2, 0) is 19.1 Å². The third kappa shape index (κ3) is 7.83. The molecule has 0 amide bonds. The van der Waals surface area contributed by atoms with E-state index in [4.69, 9.17) is 26.2 Å². The Balaban J connectivity index is 2.59. The van der Waals surface area contributed by atoms with Gasteiger partial charge in [-0.05, 0) is 42.4 Å². The standard InChI is InChI=1S/C27H36ClNO5/c1-6-34-24(32)15-20-22(17-33-14-13-30)29-21-16-27(4,5)12-11-23(31)26(21)25(20)18(2)9-7-8-10-19(3)28/h7-10,25,29-30H,2-3,6,11-17H2,1,4-5H3/b9-7-,10-8-. The van der Waals surface area contributed by atoms with Crippen LogP contribution in [0.4, 0.5) is 0 Å². The van der Waals surface area contributed by atoms with Crippen molar-refractivity contribution in [2.45, 2.75) is 46.5 Å². The van der Waals surface area contributed by atoms with Gasteiger partial charge in [0.15, 0.2) is 5.78 Å². The van der Waals surface area contributed by atoms with E-state index < -0.39 is 5.92 Å². The molecule has 1 aliphatic carbocycles. The quantitative estimate of drug-likeness (QED) is 0.244. The molecule has 7 heteroatoms. The molecular formula is C27H36ClNO5. The van der Waals surface area contributed by atoms with Gasteiger partial charge in [0.1, 0.15) is 0 Å². The molecule has 0 aromatic heterocycles. The number of nitrogens with one attached hydrogen (secondary N) is 1. The summed E-state index contributed by atoms with van der Waals surface area (Å²) >= 11 is 5.80. The lowest BCUT2D eigenvalue weighted by molar-refractivity contribution is -0.142. The number of hydrogen-bond acceptors (Lipinski definition) is 6. The molecule has 0 radical (unpaired) electrons. The number of aliphatic hydroxyl groups is 1. The number of ether oxygens (including phenoxy) is 2. The first-order chi connectivity index (χ1) is 16.1. The molecule has 1 unspecified atom stereocenters. The maximum absolute atomic E-state index is 13.4. The number of Topliss-reactive ketones (excluding diaryl/α,β-unsaturated/α-hetero) is 1. The van der Waals surface area contributed by atoms with Gasteiger partial charge < -0.3 is 19.9 Å². The minimum absolute atomic E-state index is 0.00202. The Bertz CT molecular complexity index is 939. The van der Waals surface area contributed by atoms with E-state index in [0.29, 0.717) is 40.3 Å². The van der Waals surface area contributed by atoms with Crippen molar-refractivity contribution < 1.29 is 24.2 Å². The van der Waals surface area contributed by atoms with E-state index in [1.165, 1.54) is 0 Å². The molecule has 1 heterocycles. The zero-order valence-corrected chi connectivity index (χ0v) is 21.2. The van der Waals surface area contributed by atoms with Gasteiger partial charge in [-0.25, -0.2) is 0 Å². The Hall–Kier alpha value is -2.41. The minimum Gasteiger partial charge on any atom is -0.466 e. The Labute approximate surface area is 207 Å². The first kappa shape index (κ1) is 27.8. The van der Waals surface area contributed by atoms with Gasteiger partial charge in [-0.3, -0.25) is 9.59 Å². The molecule has 186 valence electrons. The third-order valence-corrected chi connectivity index (χ3v) is 5.95. The van der Waals surface area contributed by atoms with Gasteiger partial charge in [0.05, 0.1) is 32.8 Å². The highest BCUT2D eigenvalue weighted by molar-refractivity contribution is 6.30. The van der Waals surface area contributed by atoms with Crippen LogP contribution in [0.3, 0.4) is 0 Å². The molecule has 0 bridgehead atoms. The number of dihydropyridines is 1. The van der Waals surface area contributed by atoms with Crippen LogP contribution < -0.4 is 5.32 Å². The second kappa shape index (κ2) is 12.9. The van der Waals surface area contributed by atoms with Crippen LogP contribution in [0.1, 0.15) is 46.5 Å². The van der Waals surface area contributed by atoms with Crippen LogP contribution in [-0.4, -0.2) is 43.3 Å². The number of halogens is 1. The summed E-state index contributed by atoms with van der Waals surface area (Å²) in [4.78, 5) is 25.9. The monoisotopic (exact) mass is 489 g/mol.